The number of carbonyl (C=O) groups excluding carboxylic acids is 1. The Morgan fingerprint density at radius 2 is 2.18 bits per heavy atom. The molecule has 0 aromatic carbocycles. The monoisotopic (exact) mass is 315 g/mol. The van der Waals surface area contributed by atoms with Gasteiger partial charge in [-0.05, 0) is 52.7 Å². The van der Waals surface area contributed by atoms with Crippen LogP contribution in [0.25, 0.3) is 0 Å². The minimum absolute atomic E-state index is 0.199. The van der Waals surface area contributed by atoms with Crippen LogP contribution in [0.5, 0.6) is 0 Å². The number of rotatable bonds is 3. The van der Waals surface area contributed by atoms with Crippen LogP contribution in [0.1, 0.15) is 42.8 Å². The molecule has 0 unspecified atom stereocenters. The first-order valence-corrected chi connectivity index (χ1v) is 7.76. The van der Waals surface area contributed by atoms with Crippen molar-refractivity contribution in [1.29, 1.82) is 0 Å². The highest BCUT2D eigenvalue weighted by Gasteiger charge is 2.37. The fourth-order valence-electron chi connectivity index (χ4n) is 2.52. The van der Waals surface area contributed by atoms with E-state index in [0.717, 1.165) is 28.2 Å². The molecule has 94 valence electrons. The van der Waals surface area contributed by atoms with Crippen molar-refractivity contribution in [1.82, 2.24) is 4.90 Å². The Kier molecular flexibility index (Phi) is 3.93. The van der Waals surface area contributed by atoms with Crippen molar-refractivity contribution in [2.24, 2.45) is 5.41 Å². The number of halogens is 1. The molecule has 1 fully saturated rings. The van der Waals surface area contributed by atoms with Gasteiger partial charge in [-0.1, -0.05) is 13.8 Å². The first kappa shape index (κ1) is 13.1. The van der Waals surface area contributed by atoms with Gasteiger partial charge in [0, 0.05) is 13.1 Å². The third kappa shape index (κ3) is 2.58. The van der Waals surface area contributed by atoms with Gasteiger partial charge in [-0.2, -0.15) is 0 Å². The normalized spacial score (nSPS) is 18.6. The maximum Gasteiger partial charge on any atom is 0.263 e. The fraction of sp³-hybridized carbons (Fsp3) is 0.615. The second-order valence-electron chi connectivity index (χ2n) is 4.79. The molecule has 2 rings (SSSR count). The Labute approximate surface area is 115 Å². The van der Waals surface area contributed by atoms with Crippen molar-refractivity contribution in [2.45, 2.75) is 33.1 Å². The Bertz CT molecular complexity index is 411. The van der Waals surface area contributed by atoms with E-state index in [2.05, 4.69) is 29.8 Å². The molecule has 2 nitrogen and oxygen atoms in total. The average Bonchev–Trinajstić information content (AvgIpc) is 2.95. The maximum absolute atomic E-state index is 12.3. The summed E-state index contributed by atoms with van der Waals surface area (Å²) in [4.78, 5) is 15.2. The van der Waals surface area contributed by atoms with Gasteiger partial charge in [-0.3, -0.25) is 4.79 Å². The molecule has 4 heteroatoms. The number of hydrogen-bond acceptors (Lipinski definition) is 2. The van der Waals surface area contributed by atoms with Gasteiger partial charge < -0.3 is 4.90 Å². The van der Waals surface area contributed by atoms with Crippen LogP contribution in [0.2, 0.25) is 0 Å². The van der Waals surface area contributed by atoms with E-state index in [0.29, 0.717) is 5.41 Å². The van der Waals surface area contributed by atoms with E-state index in [4.69, 9.17) is 0 Å². The Hall–Kier alpha value is -0.350. The molecule has 0 saturated carbocycles. The molecule has 0 spiro atoms. The van der Waals surface area contributed by atoms with Gasteiger partial charge >= 0.3 is 0 Å². The maximum atomic E-state index is 12.3. The predicted octanol–water partition coefficient (Wildman–Crippen LogP) is 4.16. The SMILES string of the molecule is CCC1(CC)CCN(C(=O)c2ccc(Br)s2)C1. The first-order chi connectivity index (χ1) is 8.10. The van der Waals surface area contributed by atoms with Gasteiger partial charge in [-0.15, -0.1) is 11.3 Å². The molecular formula is C13H18BrNOS. The van der Waals surface area contributed by atoms with E-state index in [1.807, 2.05) is 17.0 Å². The summed E-state index contributed by atoms with van der Waals surface area (Å²) in [5.74, 6) is 0.199. The lowest BCUT2D eigenvalue weighted by molar-refractivity contribution is 0.0774. The molecule has 0 bridgehead atoms. The van der Waals surface area contributed by atoms with E-state index in [1.165, 1.54) is 24.2 Å². The lowest BCUT2D eigenvalue weighted by atomic mass is 9.82. The van der Waals surface area contributed by atoms with Gasteiger partial charge in [0.1, 0.15) is 0 Å². The third-order valence-electron chi connectivity index (χ3n) is 4.01. The summed E-state index contributed by atoms with van der Waals surface area (Å²) >= 11 is 4.93. The number of thiophene rings is 1. The lowest BCUT2D eigenvalue weighted by Gasteiger charge is -2.26. The first-order valence-electron chi connectivity index (χ1n) is 6.15. The van der Waals surface area contributed by atoms with Crippen molar-refractivity contribution in [3.05, 3.63) is 20.8 Å². The molecule has 0 atom stereocenters. The minimum Gasteiger partial charge on any atom is -0.337 e. The van der Waals surface area contributed by atoms with Crippen LogP contribution in [-0.4, -0.2) is 23.9 Å². The second kappa shape index (κ2) is 5.11. The van der Waals surface area contributed by atoms with Crippen molar-refractivity contribution < 1.29 is 4.79 Å². The van der Waals surface area contributed by atoms with Crippen LogP contribution in [0.3, 0.4) is 0 Å². The highest BCUT2D eigenvalue weighted by atomic mass is 79.9. The van der Waals surface area contributed by atoms with Crippen LogP contribution in [0, 0.1) is 5.41 Å². The minimum atomic E-state index is 0.199. The summed E-state index contributed by atoms with van der Waals surface area (Å²) in [6.07, 6.45) is 3.49. The summed E-state index contributed by atoms with van der Waals surface area (Å²) < 4.78 is 1.03. The Morgan fingerprint density at radius 1 is 1.47 bits per heavy atom. The molecule has 17 heavy (non-hydrogen) atoms. The van der Waals surface area contributed by atoms with Crippen LogP contribution >= 0.6 is 27.3 Å². The molecule has 1 amide bonds. The summed E-state index contributed by atoms with van der Waals surface area (Å²) in [7, 11) is 0. The van der Waals surface area contributed by atoms with Crippen molar-refractivity contribution in [2.75, 3.05) is 13.1 Å². The number of carbonyl (C=O) groups is 1. The number of amides is 1. The predicted molar refractivity (Wildman–Crippen MR) is 75.6 cm³/mol. The zero-order valence-corrected chi connectivity index (χ0v) is 12.7. The van der Waals surface area contributed by atoms with Gasteiger partial charge in [0.15, 0.2) is 0 Å². The molecule has 2 heterocycles. The molecule has 1 aromatic heterocycles. The summed E-state index contributed by atoms with van der Waals surface area (Å²) in [5.41, 5.74) is 0.365. The zero-order chi connectivity index (χ0) is 12.5. The van der Waals surface area contributed by atoms with E-state index in [1.54, 1.807) is 0 Å². The average molecular weight is 316 g/mol. The largest absolute Gasteiger partial charge is 0.337 e. The van der Waals surface area contributed by atoms with Gasteiger partial charge in [0.2, 0.25) is 0 Å². The molecule has 1 aromatic rings. The van der Waals surface area contributed by atoms with Crippen molar-refractivity contribution in [3.8, 4) is 0 Å². The zero-order valence-electron chi connectivity index (χ0n) is 10.3. The summed E-state index contributed by atoms with van der Waals surface area (Å²) in [6, 6.07) is 3.86. The number of likely N-dealkylation sites (tertiary alicyclic amines) is 1. The quantitative estimate of drug-likeness (QED) is 0.820. The molecule has 1 aliphatic rings. The van der Waals surface area contributed by atoms with Crippen LogP contribution in [0.15, 0.2) is 15.9 Å². The topological polar surface area (TPSA) is 20.3 Å². The van der Waals surface area contributed by atoms with Crippen LogP contribution < -0.4 is 0 Å². The van der Waals surface area contributed by atoms with Crippen molar-refractivity contribution >= 4 is 33.2 Å². The van der Waals surface area contributed by atoms with E-state index in [9.17, 15) is 4.79 Å². The molecule has 0 aliphatic carbocycles. The molecule has 0 N–H and O–H groups in total. The van der Waals surface area contributed by atoms with Gasteiger partial charge in [-0.25, -0.2) is 0 Å². The third-order valence-corrected chi connectivity index (χ3v) is 5.62. The summed E-state index contributed by atoms with van der Waals surface area (Å²) in [5, 5.41) is 0. The van der Waals surface area contributed by atoms with Gasteiger partial charge in [0.25, 0.3) is 5.91 Å². The van der Waals surface area contributed by atoms with Crippen molar-refractivity contribution in [3.63, 3.8) is 0 Å². The highest BCUT2D eigenvalue weighted by molar-refractivity contribution is 9.11. The Balaban J connectivity index is 2.08. The number of hydrogen-bond donors (Lipinski definition) is 0. The standard InChI is InChI=1S/C13H18BrNOS/c1-3-13(4-2)7-8-15(9-13)12(16)10-5-6-11(14)17-10/h5-6H,3-4,7-9H2,1-2H3. The summed E-state index contributed by atoms with van der Waals surface area (Å²) in [6.45, 7) is 6.31. The Morgan fingerprint density at radius 3 is 2.65 bits per heavy atom. The van der Waals surface area contributed by atoms with E-state index >= 15 is 0 Å². The molecule has 1 aliphatic heterocycles. The second-order valence-corrected chi connectivity index (χ2v) is 7.25. The highest BCUT2D eigenvalue weighted by Crippen LogP contribution is 2.38. The van der Waals surface area contributed by atoms with E-state index < -0.39 is 0 Å². The van der Waals surface area contributed by atoms with Gasteiger partial charge in [0.05, 0.1) is 8.66 Å². The van der Waals surface area contributed by atoms with Crippen LogP contribution in [-0.2, 0) is 0 Å². The van der Waals surface area contributed by atoms with Crippen LogP contribution in [0.4, 0.5) is 0 Å². The lowest BCUT2D eigenvalue weighted by Crippen LogP contribution is -2.31. The molecule has 1 saturated heterocycles. The fourth-order valence-corrected chi connectivity index (χ4v) is 3.87. The molecule has 0 radical (unpaired) electrons. The van der Waals surface area contributed by atoms with E-state index in [-0.39, 0.29) is 5.91 Å². The smallest absolute Gasteiger partial charge is 0.263 e. The number of nitrogens with zero attached hydrogens (tertiary/aromatic N) is 1. The molecular weight excluding hydrogens is 298 g/mol.